The van der Waals surface area contributed by atoms with Crippen molar-refractivity contribution in [2.24, 2.45) is 11.8 Å². The van der Waals surface area contributed by atoms with Crippen molar-refractivity contribution in [2.45, 2.75) is 65.1 Å². The third kappa shape index (κ3) is 5.34. The summed E-state index contributed by atoms with van der Waals surface area (Å²) in [5.74, 6) is 1.65. The molecule has 0 amide bonds. The fourth-order valence-corrected chi connectivity index (χ4v) is 3.54. The molecule has 0 aromatic heterocycles. The molecule has 0 spiro atoms. The highest BCUT2D eigenvalue weighted by molar-refractivity contribution is 4.80. The predicted molar refractivity (Wildman–Crippen MR) is 85.1 cm³/mol. The van der Waals surface area contributed by atoms with Gasteiger partial charge >= 0.3 is 0 Å². The Labute approximate surface area is 125 Å². The molecule has 3 atom stereocenters. The minimum atomic E-state index is 0.450. The van der Waals surface area contributed by atoms with Gasteiger partial charge in [-0.2, -0.15) is 0 Å². The Balaban J connectivity index is 1.63. The Kier molecular flexibility index (Phi) is 6.79. The largest absolute Gasteiger partial charge is 0.372 e. The Bertz CT molecular complexity index is 270. The van der Waals surface area contributed by atoms with Crippen molar-refractivity contribution < 1.29 is 4.74 Å². The number of ether oxygens (including phenoxy) is 1. The van der Waals surface area contributed by atoms with Crippen molar-refractivity contribution in [1.29, 1.82) is 0 Å². The van der Waals surface area contributed by atoms with Crippen molar-refractivity contribution in [3.63, 3.8) is 0 Å². The second-order valence-corrected chi connectivity index (χ2v) is 7.19. The molecule has 2 heterocycles. The summed E-state index contributed by atoms with van der Waals surface area (Å²) in [5.41, 5.74) is 0. The number of likely N-dealkylation sites (tertiary alicyclic amines) is 1. The summed E-state index contributed by atoms with van der Waals surface area (Å²) in [6, 6.07) is 0. The second-order valence-electron chi connectivity index (χ2n) is 7.19. The van der Waals surface area contributed by atoms with Gasteiger partial charge in [-0.05, 0) is 50.6 Å². The molecule has 1 N–H and O–H groups in total. The Morgan fingerprint density at radius 2 is 2.00 bits per heavy atom. The zero-order chi connectivity index (χ0) is 14.4. The summed E-state index contributed by atoms with van der Waals surface area (Å²) in [6.45, 7) is 12.7. The first-order valence-electron chi connectivity index (χ1n) is 8.75. The third-order valence-corrected chi connectivity index (χ3v) is 4.76. The summed E-state index contributed by atoms with van der Waals surface area (Å²) in [5, 5.41) is 3.53. The minimum Gasteiger partial charge on any atom is -0.372 e. The van der Waals surface area contributed by atoms with Crippen molar-refractivity contribution in [3.05, 3.63) is 0 Å². The van der Waals surface area contributed by atoms with Gasteiger partial charge in [-0.15, -0.1) is 0 Å². The van der Waals surface area contributed by atoms with Crippen molar-refractivity contribution >= 4 is 0 Å². The van der Waals surface area contributed by atoms with Gasteiger partial charge in [0.05, 0.1) is 12.2 Å². The van der Waals surface area contributed by atoms with Crippen molar-refractivity contribution in [2.75, 3.05) is 32.7 Å². The van der Waals surface area contributed by atoms with E-state index in [4.69, 9.17) is 4.74 Å². The number of nitrogens with one attached hydrogen (secondary N) is 1. The third-order valence-electron chi connectivity index (χ3n) is 4.76. The highest BCUT2D eigenvalue weighted by Crippen LogP contribution is 2.24. The molecule has 3 heteroatoms. The fourth-order valence-electron chi connectivity index (χ4n) is 3.54. The summed E-state index contributed by atoms with van der Waals surface area (Å²) in [6.07, 6.45) is 7.57. The lowest BCUT2D eigenvalue weighted by atomic mass is 9.95. The summed E-state index contributed by atoms with van der Waals surface area (Å²) in [4.78, 5) is 2.65. The Morgan fingerprint density at radius 1 is 1.20 bits per heavy atom. The van der Waals surface area contributed by atoms with Crippen LogP contribution in [0.5, 0.6) is 0 Å². The molecule has 2 rings (SSSR count). The predicted octanol–water partition coefficient (Wildman–Crippen LogP) is 2.90. The molecule has 20 heavy (non-hydrogen) atoms. The summed E-state index contributed by atoms with van der Waals surface area (Å²) >= 11 is 0. The van der Waals surface area contributed by atoms with Crippen LogP contribution in [0.15, 0.2) is 0 Å². The van der Waals surface area contributed by atoms with E-state index in [2.05, 4.69) is 31.0 Å². The van der Waals surface area contributed by atoms with Crippen LogP contribution in [0.1, 0.15) is 52.9 Å². The molecule has 0 radical (unpaired) electrons. The quantitative estimate of drug-likeness (QED) is 0.777. The highest BCUT2D eigenvalue weighted by Gasteiger charge is 2.28. The standard InChI is InChI=1S/C17H34N2O/c1-4-15-6-5-9-19(12-15)13-17-8-7-16(20-17)11-18-10-14(2)3/h14-18H,4-13H2,1-3H3. The van der Waals surface area contributed by atoms with Gasteiger partial charge in [0.1, 0.15) is 0 Å². The first kappa shape index (κ1) is 16.3. The Morgan fingerprint density at radius 3 is 2.75 bits per heavy atom. The van der Waals surface area contributed by atoms with Gasteiger partial charge in [-0.3, -0.25) is 0 Å². The topological polar surface area (TPSA) is 24.5 Å². The number of piperidine rings is 1. The van der Waals surface area contributed by atoms with Crippen LogP contribution >= 0.6 is 0 Å². The fraction of sp³-hybridized carbons (Fsp3) is 1.00. The molecular formula is C17H34N2O. The van der Waals surface area contributed by atoms with Crippen LogP contribution in [-0.4, -0.2) is 49.8 Å². The van der Waals surface area contributed by atoms with Crippen LogP contribution < -0.4 is 5.32 Å². The normalized spacial score (nSPS) is 32.1. The van der Waals surface area contributed by atoms with Gasteiger partial charge in [0.2, 0.25) is 0 Å². The molecule has 2 aliphatic rings. The van der Waals surface area contributed by atoms with Crippen LogP contribution in [0.3, 0.4) is 0 Å². The van der Waals surface area contributed by atoms with E-state index < -0.39 is 0 Å². The van der Waals surface area contributed by atoms with Gasteiger partial charge in [-0.25, -0.2) is 0 Å². The molecule has 0 bridgehead atoms. The van der Waals surface area contributed by atoms with E-state index in [1.807, 2.05) is 0 Å². The van der Waals surface area contributed by atoms with Crippen LogP contribution in [0.25, 0.3) is 0 Å². The maximum Gasteiger partial charge on any atom is 0.0707 e. The first-order valence-corrected chi connectivity index (χ1v) is 8.75. The van der Waals surface area contributed by atoms with Gasteiger partial charge in [0, 0.05) is 19.6 Å². The average molecular weight is 282 g/mol. The van der Waals surface area contributed by atoms with Crippen LogP contribution in [0.2, 0.25) is 0 Å². The zero-order valence-electron chi connectivity index (χ0n) is 13.7. The lowest BCUT2D eigenvalue weighted by Crippen LogP contribution is -2.40. The van der Waals surface area contributed by atoms with E-state index >= 15 is 0 Å². The molecule has 2 aliphatic heterocycles. The monoisotopic (exact) mass is 282 g/mol. The second kappa shape index (κ2) is 8.35. The van der Waals surface area contributed by atoms with Gasteiger partial charge < -0.3 is 15.0 Å². The van der Waals surface area contributed by atoms with E-state index in [9.17, 15) is 0 Å². The van der Waals surface area contributed by atoms with Crippen LogP contribution in [0.4, 0.5) is 0 Å². The van der Waals surface area contributed by atoms with Gasteiger partial charge in [0.25, 0.3) is 0 Å². The Hall–Kier alpha value is -0.120. The van der Waals surface area contributed by atoms with Crippen molar-refractivity contribution in [1.82, 2.24) is 10.2 Å². The smallest absolute Gasteiger partial charge is 0.0707 e. The molecule has 0 aromatic carbocycles. The van der Waals surface area contributed by atoms with E-state index in [0.29, 0.717) is 12.2 Å². The lowest BCUT2D eigenvalue weighted by Gasteiger charge is -2.33. The molecular weight excluding hydrogens is 248 g/mol. The molecule has 3 nitrogen and oxygen atoms in total. The van der Waals surface area contributed by atoms with Gasteiger partial charge in [-0.1, -0.05) is 27.2 Å². The molecule has 2 saturated heterocycles. The van der Waals surface area contributed by atoms with E-state index in [1.165, 1.54) is 45.2 Å². The average Bonchev–Trinajstić information content (AvgIpc) is 2.86. The number of hydrogen-bond acceptors (Lipinski definition) is 3. The minimum absolute atomic E-state index is 0.450. The lowest BCUT2D eigenvalue weighted by molar-refractivity contribution is 0.0146. The van der Waals surface area contributed by atoms with Gasteiger partial charge in [0.15, 0.2) is 0 Å². The molecule has 2 fully saturated rings. The summed E-state index contributed by atoms with van der Waals surface area (Å²) < 4.78 is 6.21. The molecule has 118 valence electrons. The summed E-state index contributed by atoms with van der Waals surface area (Å²) in [7, 11) is 0. The van der Waals surface area contributed by atoms with E-state index in [0.717, 1.165) is 31.5 Å². The maximum absolute atomic E-state index is 6.21. The number of nitrogens with zero attached hydrogens (tertiary/aromatic N) is 1. The highest BCUT2D eigenvalue weighted by atomic mass is 16.5. The molecule has 3 unspecified atom stereocenters. The van der Waals surface area contributed by atoms with Crippen LogP contribution in [-0.2, 0) is 4.74 Å². The van der Waals surface area contributed by atoms with Crippen molar-refractivity contribution in [3.8, 4) is 0 Å². The first-order chi connectivity index (χ1) is 9.67. The molecule has 0 aliphatic carbocycles. The number of hydrogen-bond donors (Lipinski definition) is 1. The van der Waals surface area contributed by atoms with E-state index in [-0.39, 0.29) is 0 Å². The zero-order valence-corrected chi connectivity index (χ0v) is 13.7. The maximum atomic E-state index is 6.21. The molecule has 0 aromatic rings. The molecule has 0 saturated carbocycles. The van der Waals surface area contributed by atoms with E-state index in [1.54, 1.807) is 0 Å². The number of rotatable bonds is 7. The SMILES string of the molecule is CCC1CCCN(CC2CCC(CNCC(C)C)O2)C1. The van der Waals surface area contributed by atoms with Crippen LogP contribution in [0, 0.1) is 11.8 Å².